The third kappa shape index (κ3) is 22.5. The van der Waals surface area contributed by atoms with Gasteiger partial charge in [0, 0.05) is 5.54 Å². The summed E-state index contributed by atoms with van der Waals surface area (Å²) in [6, 6.07) is 0. The molecule has 0 aliphatic heterocycles. The summed E-state index contributed by atoms with van der Waals surface area (Å²) in [5, 5.41) is 16.8. The summed E-state index contributed by atoms with van der Waals surface area (Å²) in [6.07, 6.45) is 0.481. The second-order valence-corrected chi connectivity index (χ2v) is 3.57. The van der Waals surface area contributed by atoms with Crippen molar-refractivity contribution < 1.29 is 10.2 Å². The van der Waals surface area contributed by atoms with Crippen LogP contribution in [0.1, 0.15) is 27.2 Å². The predicted molar refractivity (Wildman–Crippen MR) is 50.7 cm³/mol. The van der Waals surface area contributed by atoms with Crippen LogP contribution in [-0.2, 0) is 0 Å². The molecule has 0 radical (unpaired) electrons. The molecular weight excluding hydrogens is 156 g/mol. The largest absolute Gasteiger partial charge is 0.394 e. The summed E-state index contributed by atoms with van der Waals surface area (Å²) in [4.78, 5) is 0. The summed E-state index contributed by atoms with van der Waals surface area (Å²) < 4.78 is 0. The van der Waals surface area contributed by atoms with Crippen LogP contribution in [0.5, 0.6) is 0 Å². The van der Waals surface area contributed by atoms with Gasteiger partial charge >= 0.3 is 0 Å². The van der Waals surface area contributed by atoms with E-state index in [1.54, 1.807) is 20.8 Å². The lowest BCUT2D eigenvalue weighted by Crippen LogP contribution is -2.35. The van der Waals surface area contributed by atoms with Crippen molar-refractivity contribution in [2.24, 2.45) is 11.5 Å². The van der Waals surface area contributed by atoms with Gasteiger partial charge in [-0.1, -0.05) is 0 Å². The van der Waals surface area contributed by atoms with Crippen molar-refractivity contribution in [1.29, 1.82) is 0 Å². The third-order valence-corrected chi connectivity index (χ3v) is 0.992. The molecule has 0 aromatic rings. The first-order chi connectivity index (χ1) is 5.33. The zero-order valence-corrected chi connectivity index (χ0v) is 8.25. The molecule has 4 nitrogen and oxygen atoms in total. The van der Waals surface area contributed by atoms with Gasteiger partial charge in [0.2, 0.25) is 0 Å². The minimum absolute atomic E-state index is 0.0486. The topological polar surface area (TPSA) is 92.5 Å². The van der Waals surface area contributed by atoms with E-state index in [-0.39, 0.29) is 12.7 Å². The van der Waals surface area contributed by atoms with Crippen LogP contribution in [-0.4, -0.2) is 35.0 Å². The number of aliphatic hydroxyl groups excluding tert-OH is 2. The van der Waals surface area contributed by atoms with Crippen molar-refractivity contribution in [3.63, 3.8) is 0 Å². The molecule has 0 amide bonds. The van der Waals surface area contributed by atoms with E-state index >= 15 is 0 Å². The number of nitrogens with two attached hydrogens (primary N) is 2. The van der Waals surface area contributed by atoms with Crippen LogP contribution in [0.25, 0.3) is 0 Å². The quantitative estimate of drug-likeness (QED) is 0.466. The number of hydrogen-bond acceptors (Lipinski definition) is 4. The molecule has 0 bridgehead atoms. The van der Waals surface area contributed by atoms with Crippen molar-refractivity contribution in [3.05, 3.63) is 0 Å². The maximum Gasteiger partial charge on any atom is 0.0605 e. The molecule has 0 fully saturated rings. The smallest absolute Gasteiger partial charge is 0.0605 e. The lowest BCUT2D eigenvalue weighted by Gasteiger charge is -2.12. The molecule has 0 aliphatic rings. The van der Waals surface area contributed by atoms with Gasteiger partial charge in [0.25, 0.3) is 0 Å². The van der Waals surface area contributed by atoms with E-state index in [2.05, 4.69) is 0 Å². The molecule has 0 saturated heterocycles. The molecule has 4 heteroatoms. The highest BCUT2D eigenvalue weighted by Crippen LogP contribution is 1.90. The number of hydrogen-bond donors (Lipinski definition) is 4. The first kappa shape index (κ1) is 14.4. The van der Waals surface area contributed by atoms with Gasteiger partial charge in [-0.15, -0.1) is 0 Å². The minimum atomic E-state index is -0.403. The highest BCUT2D eigenvalue weighted by Gasteiger charge is 2.05. The van der Waals surface area contributed by atoms with Gasteiger partial charge < -0.3 is 21.7 Å². The average Bonchev–Trinajstić information content (AvgIpc) is 1.87. The maximum absolute atomic E-state index is 8.47. The molecule has 0 heterocycles. The fraction of sp³-hybridized carbons (Fsp3) is 1.00. The zero-order chi connectivity index (χ0) is 10.2. The van der Waals surface area contributed by atoms with Gasteiger partial charge in [-0.05, 0) is 33.7 Å². The average molecular weight is 178 g/mol. The Bertz CT molecular complexity index is 89.5. The predicted octanol–water partition coefficient (Wildman–Crippen LogP) is -0.568. The fourth-order valence-corrected chi connectivity index (χ4v) is 0.241. The van der Waals surface area contributed by atoms with E-state index in [1.807, 2.05) is 0 Å². The normalized spacial score (nSPS) is 13.2. The molecule has 0 saturated carbocycles. The zero-order valence-electron chi connectivity index (χ0n) is 8.25. The summed E-state index contributed by atoms with van der Waals surface area (Å²) >= 11 is 0. The van der Waals surface area contributed by atoms with Crippen LogP contribution in [0.2, 0.25) is 0 Å². The number of rotatable bonds is 3. The van der Waals surface area contributed by atoms with E-state index in [0.29, 0.717) is 13.0 Å². The molecule has 76 valence electrons. The molecule has 0 aromatic heterocycles. The van der Waals surface area contributed by atoms with Crippen molar-refractivity contribution in [1.82, 2.24) is 0 Å². The highest BCUT2D eigenvalue weighted by atomic mass is 16.3. The summed E-state index contributed by atoms with van der Waals surface area (Å²) in [5.74, 6) is 0. The lowest BCUT2D eigenvalue weighted by molar-refractivity contribution is 0.187. The van der Waals surface area contributed by atoms with Crippen LogP contribution < -0.4 is 11.5 Å². The lowest BCUT2D eigenvalue weighted by atomic mass is 10.1. The monoisotopic (exact) mass is 178 g/mol. The van der Waals surface area contributed by atoms with E-state index in [4.69, 9.17) is 21.7 Å². The molecule has 12 heavy (non-hydrogen) atoms. The summed E-state index contributed by atoms with van der Waals surface area (Å²) in [5.41, 5.74) is 9.95. The van der Waals surface area contributed by atoms with Gasteiger partial charge in [-0.3, -0.25) is 0 Å². The Labute approximate surface area is 74.6 Å². The second kappa shape index (κ2) is 7.49. The van der Waals surface area contributed by atoms with Crippen molar-refractivity contribution in [3.8, 4) is 0 Å². The van der Waals surface area contributed by atoms with Crippen LogP contribution in [0, 0.1) is 0 Å². The van der Waals surface area contributed by atoms with Crippen LogP contribution in [0.4, 0.5) is 0 Å². The Balaban J connectivity index is 0. The van der Waals surface area contributed by atoms with Crippen LogP contribution in [0.3, 0.4) is 0 Å². The molecule has 6 N–H and O–H groups in total. The standard InChI is InChI=1S/2C4H11NO/c1-4(2,5)3-6;1-4(6)2-3-5/h6H,3,5H2,1-2H3;4,6H,2-3,5H2,1H3. The van der Waals surface area contributed by atoms with Gasteiger partial charge in [0.15, 0.2) is 0 Å². The van der Waals surface area contributed by atoms with Crippen molar-refractivity contribution >= 4 is 0 Å². The first-order valence-corrected chi connectivity index (χ1v) is 4.11. The van der Waals surface area contributed by atoms with E-state index in [9.17, 15) is 0 Å². The Kier molecular flexibility index (Phi) is 8.97. The molecule has 1 atom stereocenters. The summed E-state index contributed by atoms with van der Waals surface area (Å²) in [6.45, 7) is 5.90. The second-order valence-electron chi connectivity index (χ2n) is 3.57. The molecule has 0 spiro atoms. The Hall–Kier alpha value is -0.160. The highest BCUT2D eigenvalue weighted by molar-refractivity contribution is 4.67. The third-order valence-electron chi connectivity index (χ3n) is 0.992. The van der Waals surface area contributed by atoms with Gasteiger partial charge in [0.05, 0.1) is 12.7 Å². The van der Waals surface area contributed by atoms with Gasteiger partial charge in [-0.25, -0.2) is 0 Å². The van der Waals surface area contributed by atoms with E-state index in [0.717, 1.165) is 0 Å². The maximum atomic E-state index is 8.47. The summed E-state index contributed by atoms with van der Waals surface area (Å²) in [7, 11) is 0. The molecular formula is C8H22N2O2. The Morgan fingerprint density at radius 1 is 1.42 bits per heavy atom. The minimum Gasteiger partial charge on any atom is -0.394 e. The van der Waals surface area contributed by atoms with E-state index in [1.165, 1.54) is 0 Å². The molecule has 0 rings (SSSR count). The Morgan fingerprint density at radius 2 is 1.75 bits per heavy atom. The van der Waals surface area contributed by atoms with Crippen LogP contribution >= 0.6 is 0 Å². The van der Waals surface area contributed by atoms with Gasteiger partial charge in [0.1, 0.15) is 0 Å². The molecule has 0 aromatic carbocycles. The Morgan fingerprint density at radius 3 is 1.75 bits per heavy atom. The first-order valence-electron chi connectivity index (χ1n) is 4.11. The van der Waals surface area contributed by atoms with E-state index < -0.39 is 5.54 Å². The van der Waals surface area contributed by atoms with Crippen LogP contribution in [0.15, 0.2) is 0 Å². The van der Waals surface area contributed by atoms with Gasteiger partial charge in [-0.2, -0.15) is 0 Å². The molecule has 0 aliphatic carbocycles. The molecule has 1 unspecified atom stereocenters. The fourth-order valence-electron chi connectivity index (χ4n) is 0.241. The van der Waals surface area contributed by atoms with Crippen molar-refractivity contribution in [2.75, 3.05) is 13.2 Å². The number of aliphatic hydroxyl groups is 2. The SMILES string of the molecule is CC(C)(N)CO.CC(O)CCN. The van der Waals surface area contributed by atoms with Crippen molar-refractivity contribution in [2.45, 2.75) is 38.8 Å².